The average molecular weight is 626 g/mol. The number of hydrogen-bond donors (Lipinski definition) is 2. The average Bonchev–Trinajstić information content (AvgIpc) is 3.64. The largest absolute Gasteiger partial charge is 0.462 e. The summed E-state index contributed by atoms with van der Waals surface area (Å²) in [6.45, 7) is 1.95. The Morgan fingerprint density at radius 2 is 1.73 bits per heavy atom. The highest BCUT2D eigenvalue weighted by Crippen LogP contribution is 2.35. The summed E-state index contributed by atoms with van der Waals surface area (Å²) in [6, 6.07) is 25.3. The maximum absolute atomic E-state index is 13.3. The molecule has 1 atom stereocenters. The highest BCUT2D eigenvalue weighted by molar-refractivity contribution is 8.00. The molecule has 2 heterocycles. The number of imide groups is 1. The molecule has 1 aliphatic rings. The lowest BCUT2D eigenvalue weighted by molar-refractivity contribution is -0.121. The third-order valence-corrected chi connectivity index (χ3v) is 8.47. The fourth-order valence-corrected chi connectivity index (χ4v) is 6.17. The molecule has 1 aliphatic heterocycles. The van der Waals surface area contributed by atoms with Gasteiger partial charge in [-0.2, -0.15) is 0 Å². The van der Waals surface area contributed by atoms with Crippen LogP contribution in [0.1, 0.15) is 38.9 Å². The van der Waals surface area contributed by atoms with Gasteiger partial charge >= 0.3 is 5.97 Å². The lowest BCUT2D eigenvalue weighted by Gasteiger charge is -2.15. The number of rotatable bonds is 10. The first-order valence-electron chi connectivity index (χ1n) is 13.7. The molecule has 2 N–H and O–H groups in total. The highest BCUT2D eigenvalue weighted by Gasteiger charge is 2.40. The number of carbonyl (C=O) groups is 5. The third-order valence-electron chi connectivity index (χ3n) is 6.47. The third kappa shape index (κ3) is 7.31. The number of nitrogens with zero attached hydrogens (tertiary/aromatic N) is 1. The summed E-state index contributed by atoms with van der Waals surface area (Å²) in [7, 11) is 0. The number of carbonyl (C=O) groups excluding carboxylic acids is 5. The van der Waals surface area contributed by atoms with Gasteiger partial charge in [0, 0.05) is 27.4 Å². The predicted octanol–water partition coefficient (Wildman–Crippen LogP) is 5.76. The van der Waals surface area contributed by atoms with Gasteiger partial charge in [-0.1, -0.05) is 30.3 Å². The Morgan fingerprint density at radius 1 is 0.955 bits per heavy atom. The molecule has 1 saturated heterocycles. The summed E-state index contributed by atoms with van der Waals surface area (Å²) in [5.41, 5.74) is 1.64. The van der Waals surface area contributed by atoms with Crippen LogP contribution in [0.4, 0.5) is 11.4 Å². The molecule has 0 spiro atoms. The van der Waals surface area contributed by atoms with Crippen LogP contribution in [-0.4, -0.2) is 41.5 Å². The minimum Gasteiger partial charge on any atom is -0.462 e. The maximum Gasteiger partial charge on any atom is 0.338 e. The first-order chi connectivity index (χ1) is 21.3. The minimum atomic E-state index is -0.669. The van der Waals surface area contributed by atoms with Crippen molar-refractivity contribution in [3.8, 4) is 0 Å². The molecule has 3 aromatic carbocycles. The Labute approximate surface area is 261 Å². The lowest BCUT2D eigenvalue weighted by Crippen LogP contribution is -2.31. The van der Waals surface area contributed by atoms with Gasteiger partial charge in [-0.05, 0) is 79.0 Å². The van der Waals surface area contributed by atoms with Gasteiger partial charge in [-0.3, -0.25) is 19.2 Å². The van der Waals surface area contributed by atoms with Crippen molar-refractivity contribution in [3.63, 3.8) is 0 Å². The van der Waals surface area contributed by atoms with E-state index in [0.717, 1.165) is 9.78 Å². The zero-order valence-corrected chi connectivity index (χ0v) is 25.2. The van der Waals surface area contributed by atoms with Crippen LogP contribution < -0.4 is 15.5 Å². The number of benzene rings is 3. The first-order valence-corrected chi connectivity index (χ1v) is 15.4. The Kier molecular flexibility index (Phi) is 9.68. The van der Waals surface area contributed by atoms with Crippen molar-refractivity contribution in [3.05, 3.63) is 118 Å². The van der Waals surface area contributed by atoms with Crippen LogP contribution in [0.15, 0.2) is 107 Å². The normalized spacial score (nSPS) is 14.8. The number of thiophene rings is 1. The van der Waals surface area contributed by atoms with Crippen LogP contribution >= 0.6 is 23.1 Å². The second-order valence-electron chi connectivity index (χ2n) is 9.52. The van der Waals surface area contributed by atoms with Crippen molar-refractivity contribution in [2.24, 2.45) is 0 Å². The van der Waals surface area contributed by atoms with Crippen molar-refractivity contribution < 1.29 is 28.7 Å². The standard InChI is InChI=1S/C33H27N3O6S2/c1-2-42-33(41)22-13-15-24(16-14-22)36-29(37)20-28(32(36)40)44-26-11-6-10-23(18-26)34-31(39)27(19-25-12-7-17-43-25)35-30(38)21-8-4-3-5-9-21/h3-19,28H,2,20H2,1H3,(H,34,39)(H,35,38)/b27-19-. The van der Waals surface area contributed by atoms with Gasteiger partial charge < -0.3 is 15.4 Å². The molecule has 0 saturated carbocycles. The molecule has 222 valence electrons. The smallest absolute Gasteiger partial charge is 0.338 e. The van der Waals surface area contributed by atoms with Crippen LogP contribution in [0.5, 0.6) is 0 Å². The van der Waals surface area contributed by atoms with Crippen LogP contribution in [-0.2, 0) is 19.1 Å². The van der Waals surface area contributed by atoms with E-state index in [2.05, 4.69) is 10.6 Å². The summed E-state index contributed by atoms with van der Waals surface area (Å²) >= 11 is 2.64. The molecular formula is C33H27N3O6S2. The van der Waals surface area contributed by atoms with E-state index in [-0.39, 0.29) is 30.5 Å². The van der Waals surface area contributed by atoms with Crippen LogP contribution in [0, 0.1) is 0 Å². The maximum atomic E-state index is 13.3. The first kappa shape index (κ1) is 30.5. The molecule has 1 aromatic heterocycles. The van der Waals surface area contributed by atoms with E-state index < -0.39 is 23.0 Å². The second kappa shape index (κ2) is 14.0. The van der Waals surface area contributed by atoms with E-state index in [1.54, 1.807) is 79.7 Å². The van der Waals surface area contributed by atoms with E-state index in [0.29, 0.717) is 27.4 Å². The topological polar surface area (TPSA) is 122 Å². The van der Waals surface area contributed by atoms with Crippen molar-refractivity contribution in [2.45, 2.75) is 23.5 Å². The van der Waals surface area contributed by atoms with Crippen molar-refractivity contribution in [1.29, 1.82) is 0 Å². The minimum absolute atomic E-state index is 0.00106. The van der Waals surface area contributed by atoms with Crippen molar-refractivity contribution >= 4 is 70.1 Å². The number of anilines is 2. The van der Waals surface area contributed by atoms with Crippen molar-refractivity contribution in [1.82, 2.24) is 5.32 Å². The van der Waals surface area contributed by atoms with Gasteiger partial charge in [0.2, 0.25) is 11.8 Å². The molecule has 1 fully saturated rings. The summed E-state index contributed by atoms with van der Waals surface area (Å²) < 4.78 is 4.99. The van der Waals surface area contributed by atoms with Gasteiger partial charge in [0.25, 0.3) is 11.8 Å². The van der Waals surface area contributed by atoms with Gasteiger partial charge in [0.15, 0.2) is 0 Å². The molecule has 1 unspecified atom stereocenters. The summed E-state index contributed by atoms with van der Waals surface area (Å²) in [4.78, 5) is 66.8. The summed E-state index contributed by atoms with van der Waals surface area (Å²) in [5.74, 6) is -2.14. The van der Waals surface area contributed by atoms with Gasteiger partial charge in [-0.15, -0.1) is 23.1 Å². The number of thioether (sulfide) groups is 1. The quantitative estimate of drug-likeness (QED) is 0.131. The molecule has 0 radical (unpaired) electrons. The molecule has 9 nitrogen and oxygen atoms in total. The molecule has 4 aromatic rings. The summed E-state index contributed by atoms with van der Waals surface area (Å²) in [6.07, 6.45) is 1.61. The Balaban J connectivity index is 1.27. The van der Waals surface area contributed by atoms with E-state index in [1.807, 2.05) is 17.5 Å². The number of ether oxygens (including phenoxy) is 1. The zero-order valence-electron chi connectivity index (χ0n) is 23.5. The molecule has 4 amide bonds. The Morgan fingerprint density at radius 3 is 2.43 bits per heavy atom. The molecule has 11 heteroatoms. The number of amides is 4. The highest BCUT2D eigenvalue weighted by atomic mass is 32.2. The van der Waals surface area contributed by atoms with E-state index in [9.17, 15) is 24.0 Å². The van der Waals surface area contributed by atoms with Gasteiger partial charge in [0.1, 0.15) is 5.70 Å². The van der Waals surface area contributed by atoms with Gasteiger partial charge in [0.05, 0.1) is 23.1 Å². The molecule has 0 aliphatic carbocycles. The van der Waals surface area contributed by atoms with E-state index >= 15 is 0 Å². The molecular weight excluding hydrogens is 599 g/mol. The van der Waals surface area contributed by atoms with E-state index in [1.165, 1.54) is 35.2 Å². The Bertz CT molecular complexity index is 1720. The SMILES string of the molecule is CCOC(=O)c1ccc(N2C(=O)CC(Sc3cccc(NC(=O)/C(=C/c4cccs4)NC(=O)c4ccccc4)c3)C2=O)cc1. The lowest BCUT2D eigenvalue weighted by atomic mass is 10.2. The number of nitrogens with one attached hydrogen (secondary N) is 2. The van der Waals surface area contributed by atoms with E-state index in [4.69, 9.17) is 4.74 Å². The fourth-order valence-electron chi connectivity index (χ4n) is 4.40. The predicted molar refractivity (Wildman–Crippen MR) is 170 cm³/mol. The zero-order chi connectivity index (χ0) is 31.1. The molecule has 5 rings (SSSR count). The van der Waals surface area contributed by atoms with Crippen LogP contribution in [0.2, 0.25) is 0 Å². The second-order valence-corrected chi connectivity index (χ2v) is 11.8. The fraction of sp³-hybridized carbons (Fsp3) is 0.121. The summed E-state index contributed by atoms with van der Waals surface area (Å²) in [5, 5.41) is 6.74. The van der Waals surface area contributed by atoms with Crippen LogP contribution in [0.3, 0.4) is 0 Å². The number of esters is 1. The van der Waals surface area contributed by atoms with Crippen LogP contribution in [0.25, 0.3) is 6.08 Å². The monoisotopic (exact) mass is 625 g/mol. The van der Waals surface area contributed by atoms with Crippen molar-refractivity contribution in [2.75, 3.05) is 16.8 Å². The van der Waals surface area contributed by atoms with Gasteiger partial charge in [-0.25, -0.2) is 9.69 Å². The molecule has 0 bridgehead atoms. The molecule has 44 heavy (non-hydrogen) atoms. The number of hydrogen-bond acceptors (Lipinski definition) is 8. The Hall–Kier alpha value is -5.00.